The van der Waals surface area contributed by atoms with Gasteiger partial charge in [-0.05, 0) is 68.1 Å². The lowest BCUT2D eigenvalue weighted by molar-refractivity contribution is 0.102. The number of benzene rings is 3. The zero-order valence-corrected chi connectivity index (χ0v) is 20.0. The minimum absolute atomic E-state index is 0.184. The zero-order valence-electron chi connectivity index (χ0n) is 20.0. The van der Waals surface area contributed by atoms with E-state index in [0.717, 1.165) is 42.6 Å². The molecule has 5 heteroatoms. The summed E-state index contributed by atoms with van der Waals surface area (Å²) < 4.78 is 5.62. The van der Waals surface area contributed by atoms with Crippen molar-refractivity contribution in [2.24, 2.45) is 0 Å². The van der Waals surface area contributed by atoms with Crippen LogP contribution in [0.5, 0.6) is 5.75 Å². The van der Waals surface area contributed by atoms with Crippen LogP contribution in [-0.2, 0) is 5.41 Å². The number of methoxy groups -OCH3 is 1. The van der Waals surface area contributed by atoms with Gasteiger partial charge >= 0.3 is 0 Å². The van der Waals surface area contributed by atoms with Crippen LogP contribution >= 0.6 is 0 Å². The molecule has 0 aliphatic carbocycles. The Morgan fingerprint density at radius 3 is 2.24 bits per heavy atom. The van der Waals surface area contributed by atoms with E-state index in [4.69, 9.17) is 4.74 Å². The lowest BCUT2D eigenvalue weighted by Gasteiger charge is -2.40. The van der Waals surface area contributed by atoms with Crippen molar-refractivity contribution in [1.29, 1.82) is 5.26 Å². The van der Waals surface area contributed by atoms with E-state index in [1.165, 1.54) is 0 Å². The minimum atomic E-state index is -0.630. The van der Waals surface area contributed by atoms with E-state index in [1.807, 2.05) is 72.8 Å². The number of nitrogens with zero attached hydrogens (tertiary/aromatic N) is 2. The number of likely N-dealkylation sites (tertiary alicyclic amines) is 1. The SMILES string of the molecule is COc1ccc(NC(=O)c2ccc(-c3ccccc3)cc2)cc1C1(C#N)CCN(C(C)C)CC1. The number of hydrogen-bond acceptors (Lipinski definition) is 4. The summed E-state index contributed by atoms with van der Waals surface area (Å²) in [6.07, 6.45) is 1.47. The lowest BCUT2D eigenvalue weighted by Crippen LogP contribution is -2.44. The molecule has 3 aromatic carbocycles. The van der Waals surface area contributed by atoms with Crippen molar-refractivity contribution >= 4 is 11.6 Å². The fraction of sp³-hybridized carbons (Fsp3) is 0.310. The Kier molecular flexibility index (Phi) is 7.00. The van der Waals surface area contributed by atoms with E-state index >= 15 is 0 Å². The van der Waals surface area contributed by atoms with E-state index < -0.39 is 5.41 Å². The van der Waals surface area contributed by atoms with Crippen molar-refractivity contribution in [2.75, 3.05) is 25.5 Å². The molecule has 1 saturated heterocycles. The summed E-state index contributed by atoms with van der Waals surface area (Å²) in [6, 6.07) is 26.3. The van der Waals surface area contributed by atoms with Gasteiger partial charge < -0.3 is 15.0 Å². The number of hydrogen-bond donors (Lipinski definition) is 1. The number of carbonyl (C=O) groups excluding carboxylic acids is 1. The molecule has 0 saturated carbocycles. The lowest BCUT2D eigenvalue weighted by atomic mass is 9.73. The summed E-state index contributed by atoms with van der Waals surface area (Å²) in [5.74, 6) is 0.501. The summed E-state index contributed by atoms with van der Waals surface area (Å²) in [7, 11) is 1.62. The molecule has 1 amide bonds. The van der Waals surface area contributed by atoms with Crippen LogP contribution in [0.4, 0.5) is 5.69 Å². The Balaban J connectivity index is 1.55. The molecule has 0 unspecified atom stereocenters. The molecule has 0 aromatic heterocycles. The molecule has 1 aliphatic rings. The van der Waals surface area contributed by atoms with Crippen LogP contribution in [0.15, 0.2) is 72.8 Å². The summed E-state index contributed by atoms with van der Waals surface area (Å²) in [6.45, 7) is 6.09. The van der Waals surface area contributed by atoms with Crippen molar-refractivity contribution < 1.29 is 9.53 Å². The van der Waals surface area contributed by atoms with Crippen LogP contribution in [0.25, 0.3) is 11.1 Å². The van der Waals surface area contributed by atoms with Gasteiger partial charge in [0.05, 0.1) is 18.6 Å². The van der Waals surface area contributed by atoms with Gasteiger partial charge in [-0.25, -0.2) is 0 Å². The Morgan fingerprint density at radius 1 is 1.00 bits per heavy atom. The van der Waals surface area contributed by atoms with Crippen molar-refractivity contribution in [3.8, 4) is 22.9 Å². The highest BCUT2D eigenvalue weighted by Gasteiger charge is 2.39. The van der Waals surface area contributed by atoms with Crippen molar-refractivity contribution in [1.82, 2.24) is 4.90 Å². The summed E-state index contributed by atoms with van der Waals surface area (Å²) in [4.78, 5) is 15.4. The molecule has 1 heterocycles. The Bertz CT molecular complexity index is 1170. The Labute approximate surface area is 202 Å². The molecule has 3 aromatic rings. The van der Waals surface area contributed by atoms with Crippen molar-refractivity contribution in [3.63, 3.8) is 0 Å². The molecule has 0 radical (unpaired) electrons. The zero-order chi connectivity index (χ0) is 24.1. The fourth-order valence-corrected chi connectivity index (χ4v) is 4.67. The Hall–Kier alpha value is -3.62. The molecule has 34 heavy (non-hydrogen) atoms. The third-order valence-electron chi connectivity index (χ3n) is 6.82. The van der Waals surface area contributed by atoms with Crippen LogP contribution in [0, 0.1) is 11.3 Å². The molecule has 0 bridgehead atoms. The van der Waals surface area contributed by atoms with Gasteiger partial charge in [0.15, 0.2) is 0 Å². The van der Waals surface area contributed by atoms with E-state index in [9.17, 15) is 10.1 Å². The number of rotatable bonds is 6. The molecule has 174 valence electrons. The van der Waals surface area contributed by atoms with Gasteiger partial charge in [0.25, 0.3) is 5.91 Å². The van der Waals surface area contributed by atoms with Crippen molar-refractivity contribution in [2.45, 2.75) is 38.1 Å². The van der Waals surface area contributed by atoms with Gasteiger partial charge in [0.2, 0.25) is 0 Å². The number of ether oxygens (including phenoxy) is 1. The fourth-order valence-electron chi connectivity index (χ4n) is 4.67. The molecule has 1 aliphatic heterocycles. The second-order valence-electron chi connectivity index (χ2n) is 9.14. The Morgan fingerprint density at radius 2 is 1.65 bits per heavy atom. The standard InChI is InChI=1S/C29H31N3O2/c1-21(2)32-17-15-29(20-30,16-18-32)26-19-25(13-14-27(26)34-3)31-28(33)24-11-9-23(10-12-24)22-7-5-4-6-8-22/h4-14,19,21H,15-18H2,1-3H3,(H,31,33). The molecule has 0 atom stereocenters. The average Bonchev–Trinajstić information content (AvgIpc) is 2.89. The smallest absolute Gasteiger partial charge is 0.255 e. The van der Waals surface area contributed by atoms with E-state index in [1.54, 1.807) is 7.11 Å². The molecule has 5 nitrogen and oxygen atoms in total. The quantitative estimate of drug-likeness (QED) is 0.506. The van der Waals surface area contributed by atoms with Gasteiger partial charge in [0.1, 0.15) is 5.75 Å². The first-order chi connectivity index (χ1) is 16.5. The third-order valence-corrected chi connectivity index (χ3v) is 6.82. The normalized spacial score (nSPS) is 15.5. The van der Waals surface area contributed by atoms with Crippen LogP contribution in [0.2, 0.25) is 0 Å². The van der Waals surface area contributed by atoms with Gasteiger partial charge in [0, 0.05) is 35.9 Å². The highest BCUT2D eigenvalue weighted by Crippen LogP contribution is 2.41. The first kappa shape index (κ1) is 23.5. The van der Waals surface area contributed by atoms with Gasteiger partial charge in [-0.1, -0.05) is 42.5 Å². The summed E-state index contributed by atoms with van der Waals surface area (Å²) in [5, 5.41) is 13.2. The van der Waals surface area contributed by atoms with Gasteiger partial charge in [-0.3, -0.25) is 4.79 Å². The predicted molar refractivity (Wildman–Crippen MR) is 136 cm³/mol. The highest BCUT2D eigenvalue weighted by molar-refractivity contribution is 6.04. The number of anilines is 1. The molecule has 4 rings (SSSR count). The van der Waals surface area contributed by atoms with Gasteiger partial charge in [-0.15, -0.1) is 0 Å². The average molecular weight is 454 g/mol. The monoisotopic (exact) mass is 453 g/mol. The first-order valence-electron chi connectivity index (χ1n) is 11.8. The highest BCUT2D eigenvalue weighted by atomic mass is 16.5. The maximum atomic E-state index is 13.0. The van der Waals surface area contributed by atoms with Crippen molar-refractivity contribution in [3.05, 3.63) is 83.9 Å². The van der Waals surface area contributed by atoms with Gasteiger partial charge in [-0.2, -0.15) is 5.26 Å². The minimum Gasteiger partial charge on any atom is -0.496 e. The molecular weight excluding hydrogens is 422 g/mol. The summed E-state index contributed by atoms with van der Waals surface area (Å²) in [5.41, 5.74) is 3.63. The number of nitrogens with one attached hydrogen (secondary N) is 1. The van der Waals surface area contributed by atoms with E-state index in [2.05, 4.69) is 30.1 Å². The number of nitriles is 1. The maximum absolute atomic E-state index is 13.0. The van der Waals surface area contributed by atoms with E-state index in [0.29, 0.717) is 23.0 Å². The first-order valence-corrected chi connectivity index (χ1v) is 11.8. The largest absolute Gasteiger partial charge is 0.496 e. The number of amides is 1. The summed E-state index contributed by atoms with van der Waals surface area (Å²) >= 11 is 0. The van der Waals surface area contributed by atoms with Crippen LogP contribution in [-0.4, -0.2) is 37.0 Å². The molecule has 1 fully saturated rings. The maximum Gasteiger partial charge on any atom is 0.255 e. The van der Waals surface area contributed by atoms with Crippen LogP contribution in [0.1, 0.15) is 42.6 Å². The van der Waals surface area contributed by atoms with E-state index in [-0.39, 0.29) is 5.91 Å². The molecular formula is C29H31N3O2. The topological polar surface area (TPSA) is 65.4 Å². The predicted octanol–water partition coefficient (Wildman–Crippen LogP) is 5.88. The third kappa shape index (κ3) is 4.83. The molecule has 1 N–H and O–H groups in total. The second-order valence-corrected chi connectivity index (χ2v) is 9.14. The van der Waals surface area contributed by atoms with Crippen LogP contribution < -0.4 is 10.1 Å². The number of piperidine rings is 1. The molecule has 0 spiro atoms. The second kappa shape index (κ2) is 10.1. The van der Waals surface area contributed by atoms with Crippen LogP contribution in [0.3, 0.4) is 0 Å². The number of carbonyl (C=O) groups is 1.